The van der Waals surface area contributed by atoms with Gasteiger partial charge in [-0.25, -0.2) is 8.42 Å². The summed E-state index contributed by atoms with van der Waals surface area (Å²) in [4.78, 5) is 26.0. The van der Waals surface area contributed by atoms with Gasteiger partial charge in [0.05, 0.1) is 14.8 Å². The maximum atomic E-state index is 12.7. The van der Waals surface area contributed by atoms with E-state index < -0.39 is 10.0 Å². The third kappa shape index (κ3) is 4.49. The lowest BCUT2D eigenvalue weighted by molar-refractivity contribution is -0.114. The maximum Gasteiger partial charge on any atom is 0.264 e. The van der Waals surface area contributed by atoms with E-state index in [0.29, 0.717) is 28.0 Å². The zero-order chi connectivity index (χ0) is 19.6. The summed E-state index contributed by atoms with van der Waals surface area (Å²) in [6.07, 6.45) is 0. The molecule has 1 aromatic carbocycles. The third-order valence-corrected chi connectivity index (χ3v) is 7.25. The summed E-state index contributed by atoms with van der Waals surface area (Å²) in [6.45, 7) is 2.46. The van der Waals surface area contributed by atoms with Crippen LogP contribution in [0.2, 0.25) is 5.02 Å². The smallest absolute Gasteiger partial charge is 0.264 e. The molecule has 0 aliphatic carbocycles. The Kier molecular flexibility index (Phi) is 5.85. The number of amides is 2. The number of nitrogens with one attached hydrogen (secondary N) is 1. The lowest BCUT2D eigenvalue weighted by Gasteiger charge is -2.33. The molecule has 2 aromatic rings. The van der Waals surface area contributed by atoms with Crippen LogP contribution in [0.15, 0.2) is 41.3 Å². The van der Waals surface area contributed by atoms with Crippen LogP contribution in [0.4, 0.5) is 5.00 Å². The van der Waals surface area contributed by atoms with Crippen molar-refractivity contribution in [3.05, 3.63) is 46.3 Å². The number of thiophene rings is 1. The van der Waals surface area contributed by atoms with Crippen molar-refractivity contribution in [1.29, 1.82) is 0 Å². The topological polar surface area (TPSA) is 86.8 Å². The third-order valence-electron chi connectivity index (χ3n) is 4.09. The summed E-state index contributed by atoms with van der Waals surface area (Å²) in [5.41, 5.74) is 0. The lowest BCUT2D eigenvalue weighted by atomic mass is 10.3. The fourth-order valence-electron chi connectivity index (χ4n) is 2.74. The highest BCUT2D eigenvalue weighted by molar-refractivity contribution is 7.89. The molecular formula is C17H18ClN3O4S2. The van der Waals surface area contributed by atoms with Gasteiger partial charge in [0, 0.05) is 38.1 Å². The van der Waals surface area contributed by atoms with Crippen molar-refractivity contribution >= 4 is 49.8 Å². The number of sulfonamides is 1. The number of rotatable bonds is 4. The molecule has 7 nitrogen and oxygen atoms in total. The molecule has 1 aliphatic rings. The van der Waals surface area contributed by atoms with Gasteiger partial charge >= 0.3 is 0 Å². The van der Waals surface area contributed by atoms with Crippen LogP contribution in [-0.2, 0) is 14.8 Å². The van der Waals surface area contributed by atoms with Crippen molar-refractivity contribution in [1.82, 2.24) is 9.21 Å². The Labute approximate surface area is 166 Å². The zero-order valence-electron chi connectivity index (χ0n) is 14.5. The SMILES string of the molecule is CC(=O)Nc1ccc(C(=O)N2CCN(S(=O)(=O)c3ccc(Cl)cc3)CC2)s1. The van der Waals surface area contributed by atoms with E-state index in [1.54, 1.807) is 17.0 Å². The average molecular weight is 428 g/mol. The first-order valence-electron chi connectivity index (χ1n) is 8.20. The fraction of sp³-hybridized carbons (Fsp3) is 0.294. The molecule has 144 valence electrons. The highest BCUT2D eigenvalue weighted by Crippen LogP contribution is 2.25. The lowest BCUT2D eigenvalue weighted by Crippen LogP contribution is -2.50. The van der Waals surface area contributed by atoms with Crippen molar-refractivity contribution in [2.45, 2.75) is 11.8 Å². The van der Waals surface area contributed by atoms with Crippen molar-refractivity contribution in [3.8, 4) is 0 Å². The highest BCUT2D eigenvalue weighted by atomic mass is 35.5. The van der Waals surface area contributed by atoms with E-state index in [2.05, 4.69) is 5.32 Å². The molecule has 0 spiro atoms. The van der Waals surface area contributed by atoms with Crippen LogP contribution < -0.4 is 5.32 Å². The number of carbonyl (C=O) groups is 2. The first kappa shape index (κ1) is 19.8. The number of halogens is 1. The number of hydrogen-bond acceptors (Lipinski definition) is 5. The average Bonchev–Trinajstić information content (AvgIpc) is 3.09. The summed E-state index contributed by atoms with van der Waals surface area (Å²) < 4.78 is 26.8. The summed E-state index contributed by atoms with van der Waals surface area (Å²) >= 11 is 7.01. The molecule has 0 atom stereocenters. The van der Waals surface area contributed by atoms with E-state index in [1.807, 2.05) is 0 Å². The monoisotopic (exact) mass is 427 g/mol. The van der Waals surface area contributed by atoms with E-state index in [9.17, 15) is 18.0 Å². The summed E-state index contributed by atoms with van der Waals surface area (Å²) in [6, 6.07) is 9.37. The molecule has 1 fully saturated rings. The predicted molar refractivity (Wildman–Crippen MR) is 105 cm³/mol. The van der Waals surface area contributed by atoms with E-state index in [0.717, 1.165) is 0 Å². The van der Waals surface area contributed by atoms with Crippen molar-refractivity contribution < 1.29 is 18.0 Å². The van der Waals surface area contributed by atoms with Gasteiger partial charge in [0.15, 0.2) is 0 Å². The minimum absolute atomic E-state index is 0.167. The number of piperazine rings is 1. The van der Waals surface area contributed by atoms with E-state index >= 15 is 0 Å². The van der Waals surface area contributed by atoms with Crippen LogP contribution in [0, 0.1) is 0 Å². The standard InChI is InChI=1S/C17H18ClN3O4S2/c1-12(22)19-16-7-6-15(26-16)17(23)20-8-10-21(11-9-20)27(24,25)14-4-2-13(18)3-5-14/h2-7H,8-11H2,1H3,(H,19,22). The number of anilines is 1. The predicted octanol–water partition coefficient (Wildman–Crippen LogP) is 2.51. The van der Waals surface area contributed by atoms with Crippen LogP contribution in [-0.4, -0.2) is 55.6 Å². The molecule has 1 N–H and O–H groups in total. The molecule has 1 saturated heterocycles. The molecule has 0 saturated carbocycles. The number of benzene rings is 1. The van der Waals surface area contributed by atoms with Crippen LogP contribution in [0.3, 0.4) is 0 Å². The van der Waals surface area contributed by atoms with E-state index in [1.165, 1.54) is 46.8 Å². The largest absolute Gasteiger partial charge is 0.335 e. The Morgan fingerprint density at radius 2 is 1.67 bits per heavy atom. The second kappa shape index (κ2) is 7.97. The molecule has 2 heterocycles. The summed E-state index contributed by atoms with van der Waals surface area (Å²) in [7, 11) is -3.61. The van der Waals surface area contributed by atoms with Crippen LogP contribution in [0.1, 0.15) is 16.6 Å². The Morgan fingerprint density at radius 1 is 1.04 bits per heavy atom. The molecule has 0 bridgehead atoms. The second-order valence-corrected chi connectivity index (χ2v) is 9.45. The van der Waals surface area contributed by atoms with Gasteiger partial charge in [0.1, 0.15) is 0 Å². The summed E-state index contributed by atoms with van der Waals surface area (Å²) in [5.74, 6) is -0.364. The van der Waals surface area contributed by atoms with E-state index in [4.69, 9.17) is 11.6 Å². The molecule has 27 heavy (non-hydrogen) atoms. The Hall–Kier alpha value is -1.94. The molecular weight excluding hydrogens is 410 g/mol. The summed E-state index contributed by atoms with van der Waals surface area (Å²) in [5, 5.41) is 3.72. The van der Waals surface area contributed by atoms with Crippen molar-refractivity contribution in [2.24, 2.45) is 0 Å². The van der Waals surface area contributed by atoms with Gasteiger partial charge in [-0.05, 0) is 36.4 Å². The van der Waals surface area contributed by atoms with Gasteiger partial charge < -0.3 is 10.2 Å². The molecule has 3 rings (SSSR count). The Bertz CT molecular complexity index is 949. The first-order chi connectivity index (χ1) is 12.8. The van der Waals surface area contributed by atoms with Crippen molar-refractivity contribution in [2.75, 3.05) is 31.5 Å². The number of hydrogen-bond donors (Lipinski definition) is 1. The molecule has 0 radical (unpaired) electrons. The molecule has 2 amide bonds. The van der Waals surface area contributed by atoms with Crippen LogP contribution >= 0.6 is 22.9 Å². The molecule has 1 aliphatic heterocycles. The van der Waals surface area contributed by atoms with Gasteiger partial charge in [-0.15, -0.1) is 11.3 Å². The van der Waals surface area contributed by atoms with Gasteiger partial charge in [-0.2, -0.15) is 4.31 Å². The van der Waals surface area contributed by atoms with Gasteiger partial charge in [0.25, 0.3) is 5.91 Å². The zero-order valence-corrected chi connectivity index (χ0v) is 16.9. The minimum atomic E-state index is -3.61. The Morgan fingerprint density at radius 3 is 2.26 bits per heavy atom. The van der Waals surface area contributed by atoms with Gasteiger partial charge in [0.2, 0.25) is 15.9 Å². The van der Waals surface area contributed by atoms with Crippen LogP contribution in [0.25, 0.3) is 0 Å². The van der Waals surface area contributed by atoms with E-state index in [-0.39, 0.29) is 29.8 Å². The first-order valence-corrected chi connectivity index (χ1v) is 10.8. The minimum Gasteiger partial charge on any atom is -0.335 e. The highest BCUT2D eigenvalue weighted by Gasteiger charge is 2.30. The van der Waals surface area contributed by atoms with Gasteiger partial charge in [-0.1, -0.05) is 11.6 Å². The van der Waals surface area contributed by atoms with Gasteiger partial charge in [-0.3, -0.25) is 9.59 Å². The molecule has 0 unspecified atom stereocenters. The Balaban J connectivity index is 1.64. The second-order valence-electron chi connectivity index (χ2n) is 6.00. The number of nitrogens with zero attached hydrogens (tertiary/aromatic N) is 2. The quantitative estimate of drug-likeness (QED) is 0.812. The fourth-order valence-corrected chi connectivity index (χ4v) is 5.20. The molecule has 1 aromatic heterocycles. The normalized spacial score (nSPS) is 15.6. The number of carbonyl (C=O) groups excluding carboxylic acids is 2. The van der Waals surface area contributed by atoms with Crippen molar-refractivity contribution in [3.63, 3.8) is 0 Å². The molecule has 10 heteroatoms. The maximum absolute atomic E-state index is 12.7. The van der Waals surface area contributed by atoms with Crippen LogP contribution in [0.5, 0.6) is 0 Å².